The Hall–Kier alpha value is -2.31. The summed E-state index contributed by atoms with van der Waals surface area (Å²) in [6.45, 7) is 3.07. The summed E-state index contributed by atoms with van der Waals surface area (Å²) in [5.41, 5.74) is 1.76. The van der Waals surface area contributed by atoms with Gasteiger partial charge in [0.25, 0.3) is 5.91 Å². The smallest absolute Gasteiger partial charge is 0.274 e. The molecule has 0 saturated carbocycles. The number of carbonyl (C=O) groups excluding carboxylic acids is 1. The molecular weight excluding hydrogens is 306 g/mol. The number of aliphatic hydroxyl groups excluding tert-OH is 1. The number of morpholine rings is 1. The van der Waals surface area contributed by atoms with Gasteiger partial charge in [-0.05, 0) is 12.5 Å². The molecule has 2 aromatic rings. The lowest BCUT2D eigenvalue weighted by atomic mass is 9.92. The van der Waals surface area contributed by atoms with Crippen LogP contribution in [-0.4, -0.2) is 57.8 Å². The molecule has 1 aromatic carbocycles. The van der Waals surface area contributed by atoms with Gasteiger partial charge in [-0.2, -0.15) is 0 Å². The second kappa shape index (κ2) is 7.07. The van der Waals surface area contributed by atoms with Crippen molar-refractivity contribution in [1.82, 2.24) is 14.9 Å². The average Bonchev–Trinajstić information content (AvgIpc) is 2.62. The van der Waals surface area contributed by atoms with Crippen LogP contribution in [0, 0.1) is 6.92 Å². The predicted octanol–water partition coefficient (Wildman–Crippen LogP) is 1.23. The second-order valence-electron chi connectivity index (χ2n) is 6.17. The first-order valence-corrected chi connectivity index (χ1v) is 7.98. The summed E-state index contributed by atoms with van der Waals surface area (Å²) in [5, 5.41) is 9.95. The topological polar surface area (TPSA) is 75.5 Å². The number of aliphatic hydroxyl groups is 1. The summed E-state index contributed by atoms with van der Waals surface area (Å²) in [6, 6.07) is 8.10. The van der Waals surface area contributed by atoms with E-state index in [9.17, 15) is 9.90 Å². The van der Waals surface area contributed by atoms with Crippen LogP contribution in [0.5, 0.6) is 0 Å². The van der Waals surface area contributed by atoms with Crippen LogP contribution >= 0.6 is 0 Å². The van der Waals surface area contributed by atoms with Gasteiger partial charge in [0.05, 0.1) is 26.0 Å². The summed E-state index contributed by atoms with van der Waals surface area (Å²) in [6.07, 6.45) is 5.04. The van der Waals surface area contributed by atoms with Crippen LogP contribution in [0.1, 0.15) is 21.6 Å². The maximum absolute atomic E-state index is 12.6. The minimum atomic E-state index is -0.788. The minimum Gasteiger partial charge on any atom is -0.393 e. The van der Waals surface area contributed by atoms with E-state index in [0.717, 1.165) is 11.1 Å². The summed E-state index contributed by atoms with van der Waals surface area (Å²) >= 11 is 0. The van der Waals surface area contributed by atoms with Gasteiger partial charge in [0, 0.05) is 25.4 Å². The molecule has 6 heteroatoms. The number of rotatable bonds is 4. The van der Waals surface area contributed by atoms with Crippen molar-refractivity contribution in [2.45, 2.75) is 18.9 Å². The quantitative estimate of drug-likeness (QED) is 0.914. The Kier molecular flexibility index (Phi) is 4.87. The summed E-state index contributed by atoms with van der Waals surface area (Å²) < 4.78 is 5.89. The Morgan fingerprint density at radius 2 is 2.29 bits per heavy atom. The fraction of sp³-hybridized carbons (Fsp3) is 0.389. The van der Waals surface area contributed by atoms with E-state index in [0.29, 0.717) is 31.8 Å². The highest BCUT2D eigenvalue weighted by Gasteiger charge is 2.38. The van der Waals surface area contributed by atoms with Crippen molar-refractivity contribution in [1.29, 1.82) is 0 Å². The molecule has 1 aliphatic rings. The van der Waals surface area contributed by atoms with Gasteiger partial charge in [-0.3, -0.25) is 9.78 Å². The van der Waals surface area contributed by atoms with E-state index in [1.165, 1.54) is 18.6 Å². The number of amides is 1. The molecule has 0 aliphatic carbocycles. The van der Waals surface area contributed by atoms with Crippen LogP contribution < -0.4 is 0 Å². The van der Waals surface area contributed by atoms with E-state index in [4.69, 9.17) is 4.74 Å². The zero-order valence-corrected chi connectivity index (χ0v) is 13.7. The molecule has 0 radical (unpaired) electrons. The summed E-state index contributed by atoms with van der Waals surface area (Å²) in [7, 11) is 0. The molecule has 0 spiro atoms. The van der Waals surface area contributed by atoms with Crippen molar-refractivity contribution in [2.24, 2.45) is 0 Å². The van der Waals surface area contributed by atoms with Crippen LogP contribution in [0.2, 0.25) is 0 Å². The number of ether oxygens (including phenoxy) is 1. The van der Waals surface area contributed by atoms with E-state index in [1.54, 1.807) is 4.90 Å². The summed E-state index contributed by atoms with van der Waals surface area (Å²) in [4.78, 5) is 22.3. The number of nitrogens with zero attached hydrogens (tertiary/aromatic N) is 3. The largest absolute Gasteiger partial charge is 0.393 e. The molecule has 3 rings (SSSR count). The summed E-state index contributed by atoms with van der Waals surface area (Å²) in [5.74, 6) is -0.187. The van der Waals surface area contributed by atoms with Gasteiger partial charge in [0.1, 0.15) is 11.3 Å². The fourth-order valence-corrected chi connectivity index (χ4v) is 3.04. The third kappa shape index (κ3) is 3.60. The van der Waals surface area contributed by atoms with E-state index in [1.807, 2.05) is 25.1 Å². The van der Waals surface area contributed by atoms with Gasteiger partial charge in [-0.15, -0.1) is 0 Å². The standard InChI is InChI=1S/C18H21N3O3/c1-14-3-2-4-15(9-14)10-18(13-22)12-21(7-8-24-18)17(23)16-11-19-5-6-20-16/h2-6,9,11,22H,7-8,10,12-13H2,1H3. The molecule has 1 saturated heterocycles. The Morgan fingerprint density at radius 3 is 3.00 bits per heavy atom. The first-order valence-electron chi connectivity index (χ1n) is 7.98. The fourth-order valence-electron chi connectivity index (χ4n) is 3.04. The second-order valence-corrected chi connectivity index (χ2v) is 6.17. The predicted molar refractivity (Wildman–Crippen MR) is 88.6 cm³/mol. The SMILES string of the molecule is Cc1cccc(CC2(CO)CN(C(=O)c3cnccn3)CCO2)c1. The lowest BCUT2D eigenvalue weighted by molar-refractivity contribution is -0.123. The Bertz CT molecular complexity index is 708. The van der Waals surface area contributed by atoms with Gasteiger partial charge in [-0.1, -0.05) is 29.8 Å². The lowest BCUT2D eigenvalue weighted by Gasteiger charge is -2.41. The van der Waals surface area contributed by atoms with Gasteiger partial charge < -0.3 is 14.7 Å². The number of aryl methyl sites for hydroxylation is 1. The maximum Gasteiger partial charge on any atom is 0.274 e. The van der Waals surface area contributed by atoms with Crippen molar-refractivity contribution in [3.63, 3.8) is 0 Å². The molecule has 2 heterocycles. The van der Waals surface area contributed by atoms with Gasteiger partial charge in [-0.25, -0.2) is 4.98 Å². The zero-order valence-electron chi connectivity index (χ0n) is 13.7. The first kappa shape index (κ1) is 16.5. The Morgan fingerprint density at radius 1 is 1.42 bits per heavy atom. The molecule has 0 bridgehead atoms. The molecular formula is C18H21N3O3. The number of hydrogen-bond acceptors (Lipinski definition) is 5. The van der Waals surface area contributed by atoms with Crippen molar-refractivity contribution < 1.29 is 14.6 Å². The molecule has 1 fully saturated rings. The Labute approximate surface area is 141 Å². The number of hydrogen-bond donors (Lipinski definition) is 1. The lowest BCUT2D eigenvalue weighted by Crippen LogP contribution is -2.57. The Balaban J connectivity index is 1.78. The zero-order chi connectivity index (χ0) is 17.0. The van der Waals surface area contributed by atoms with Crippen LogP contribution in [-0.2, 0) is 11.2 Å². The molecule has 1 atom stereocenters. The van der Waals surface area contributed by atoms with E-state index < -0.39 is 5.60 Å². The number of benzene rings is 1. The molecule has 1 aromatic heterocycles. The monoisotopic (exact) mass is 327 g/mol. The molecule has 24 heavy (non-hydrogen) atoms. The highest BCUT2D eigenvalue weighted by Crippen LogP contribution is 2.24. The van der Waals surface area contributed by atoms with E-state index in [-0.39, 0.29) is 12.5 Å². The maximum atomic E-state index is 12.6. The van der Waals surface area contributed by atoms with Crippen molar-refractivity contribution in [2.75, 3.05) is 26.3 Å². The number of aromatic nitrogens is 2. The van der Waals surface area contributed by atoms with Gasteiger partial charge >= 0.3 is 0 Å². The number of carbonyl (C=O) groups is 1. The van der Waals surface area contributed by atoms with Crippen molar-refractivity contribution >= 4 is 5.91 Å². The van der Waals surface area contributed by atoms with Gasteiger partial charge in [0.2, 0.25) is 0 Å². The van der Waals surface area contributed by atoms with Crippen LogP contribution in [0.3, 0.4) is 0 Å². The molecule has 126 valence electrons. The van der Waals surface area contributed by atoms with Crippen LogP contribution in [0.15, 0.2) is 42.9 Å². The highest BCUT2D eigenvalue weighted by atomic mass is 16.5. The first-order chi connectivity index (χ1) is 11.6. The molecule has 1 N–H and O–H groups in total. The molecule has 1 aliphatic heterocycles. The van der Waals surface area contributed by atoms with Crippen molar-refractivity contribution in [3.05, 3.63) is 59.7 Å². The molecule has 1 amide bonds. The highest BCUT2D eigenvalue weighted by molar-refractivity contribution is 5.92. The third-order valence-corrected chi connectivity index (χ3v) is 4.21. The van der Waals surface area contributed by atoms with E-state index in [2.05, 4.69) is 16.0 Å². The minimum absolute atomic E-state index is 0.148. The van der Waals surface area contributed by atoms with Crippen molar-refractivity contribution in [3.8, 4) is 0 Å². The molecule has 6 nitrogen and oxygen atoms in total. The third-order valence-electron chi connectivity index (χ3n) is 4.21. The van der Waals surface area contributed by atoms with E-state index >= 15 is 0 Å². The van der Waals surface area contributed by atoms with Crippen LogP contribution in [0.25, 0.3) is 0 Å². The normalized spacial score (nSPS) is 20.8. The van der Waals surface area contributed by atoms with Gasteiger partial charge in [0.15, 0.2) is 0 Å². The molecule has 1 unspecified atom stereocenters. The van der Waals surface area contributed by atoms with Crippen LogP contribution in [0.4, 0.5) is 0 Å². The average molecular weight is 327 g/mol.